The van der Waals surface area contributed by atoms with Crippen LogP contribution in [0.15, 0.2) is 6.20 Å². The third kappa shape index (κ3) is 2.59. The summed E-state index contributed by atoms with van der Waals surface area (Å²) < 4.78 is 1.98. The highest BCUT2D eigenvalue weighted by Gasteiger charge is 2.30. The number of fused-ring (bicyclic) bond motifs is 1. The summed E-state index contributed by atoms with van der Waals surface area (Å²) in [5.74, 6) is -0.805. The van der Waals surface area contributed by atoms with E-state index in [4.69, 9.17) is 0 Å². The first kappa shape index (κ1) is 13.6. The number of aryl methyl sites for hydroxylation is 1. The third-order valence-corrected chi connectivity index (χ3v) is 4.84. The fourth-order valence-electron chi connectivity index (χ4n) is 3.73. The van der Waals surface area contributed by atoms with Crippen molar-refractivity contribution in [2.45, 2.75) is 57.0 Å². The molecular formula is C15H23N3O2. The molecule has 0 radical (unpaired) electrons. The summed E-state index contributed by atoms with van der Waals surface area (Å²) in [6.45, 7) is 0. The Hall–Kier alpha value is -1.36. The van der Waals surface area contributed by atoms with Crippen molar-refractivity contribution in [2.24, 2.45) is 13.0 Å². The van der Waals surface area contributed by atoms with Gasteiger partial charge in [0.05, 0.1) is 12.1 Å². The highest BCUT2D eigenvalue weighted by molar-refractivity contribution is 5.70. The van der Waals surface area contributed by atoms with Crippen molar-refractivity contribution in [3.8, 4) is 0 Å². The highest BCUT2D eigenvalue weighted by atomic mass is 16.4. The van der Waals surface area contributed by atoms with Crippen LogP contribution in [-0.2, 0) is 18.3 Å². The fraction of sp³-hybridized carbons (Fsp3) is 0.733. The molecule has 2 aliphatic rings. The van der Waals surface area contributed by atoms with Crippen molar-refractivity contribution in [3.63, 3.8) is 0 Å². The van der Waals surface area contributed by atoms with E-state index >= 15 is 0 Å². The molecule has 0 spiro atoms. The van der Waals surface area contributed by atoms with Gasteiger partial charge in [-0.15, -0.1) is 0 Å². The second kappa shape index (κ2) is 5.56. The van der Waals surface area contributed by atoms with Gasteiger partial charge < -0.3 is 10.4 Å². The van der Waals surface area contributed by atoms with Gasteiger partial charge in [-0.2, -0.15) is 5.10 Å². The standard InChI is InChI=1S/C15H23N3O2/c1-18-14-7-3-6-13(12(14)9-16-18)17-11-5-2-4-10(8-11)15(19)20/h9-11,13,17H,2-8H2,1H3,(H,19,20). The van der Waals surface area contributed by atoms with Gasteiger partial charge >= 0.3 is 5.97 Å². The van der Waals surface area contributed by atoms with Crippen LogP contribution < -0.4 is 5.32 Å². The molecule has 0 bridgehead atoms. The van der Waals surface area contributed by atoms with Crippen molar-refractivity contribution in [2.75, 3.05) is 0 Å². The number of carbonyl (C=O) groups is 1. The Balaban J connectivity index is 1.68. The van der Waals surface area contributed by atoms with Gasteiger partial charge in [0.1, 0.15) is 0 Å². The van der Waals surface area contributed by atoms with E-state index < -0.39 is 5.97 Å². The van der Waals surface area contributed by atoms with E-state index in [9.17, 15) is 9.90 Å². The number of carboxylic acid groups (broad SMARTS) is 1. The minimum Gasteiger partial charge on any atom is -0.481 e. The van der Waals surface area contributed by atoms with Crippen molar-refractivity contribution >= 4 is 5.97 Å². The van der Waals surface area contributed by atoms with Crippen LogP contribution in [0.5, 0.6) is 0 Å². The average molecular weight is 277 g/mol. The van der Waals surface area contributed by atoms with Gasteiger partial charge in [0.2, 0.25) is 0 Å². The first-order valence-corrected chi connectivity index (χ1v) is 7.64. The van der Waals surface area contributed by atoms with Crippen LogP contribution in [0, 0.1) is 5.92 Å². The Morgan fingerprint density at radius 1 is 1.40 bits per heavy atom. The van der Waals surface area contributed by atoms with Crippen LogP contribution in [0.2, 0.25) is 0 Å². The normalized spacial score (nSPS) is 29.9. The fourth-order valence-corrected chi connectivity index (χ4v) is 3.73. The Labute approximate surface area is 119 Å². The molecule has 1 aromatic rings. The summed E-state index contributed by atoms with van der Waals surface area (Å²) in [5, 5.41) is 17.2. The van der Waals surface area contributed by atoms with Gasteiger partial charge in [0.15, 0.2) is 0 Å². The number of aliphatic carboxylic acids is 1. The van der Waals surface area contributed by atoms with Crippen LogP contribution in [0.4, 0.5) is 0 Å². The van der Waals surface area contributed by atoms with Crippen molar-refractivity contribution < 1.29 is 9.90 Å². The van der Waals surface area contributed by atoms with E-state index in [-0.39, 0.29) is 5.92 Å². The minimum atomic E-state index is -0.637. The smallest absolute Gasteiger partial charge is 0.306 e. The molecule has 1 heterocycles. The zero-order chi connectivity index (χ0) is 14.1. The van der Waals surface area contributed by atoms with E-state index in [0.717, 1.165) is 38.5 Å². The van der Waals surface area contributed by atoms with E-state index in [0.29, 0.717) is 12.1 Å². The van der Waals surface area contributed by atoms with Crippen molar-refractivity contribution in [1.29, 1.82) is 0 Å². The molecule has 1 saturated carbocycles. The quantitative estimate of drug-likeness (QED) is 0.887. The number of aromatic nitrogens is 2. The number of carboxylic acids is 1. The zero-order valence-electron chi connectivity index (χ0n) is 12.0. The number of nitrogens with one attached hydrogen (secondary N) is 1. The molecule has 2 aliphatic carbocycles. The highest BCUT2D eigenvalue weighted by Crippen LogP contribution is 2.32. The molecule has 5 heteroatoms. The van der Waals surface area contributed by atoms with Crippen LogP contribution in [0.25, 0.3) is 0 Å². The minimum absolute atomic E-state index is 0.168. The zero-order valence-corrected chi connectivity index (χ0v) is 12.0. The van der Waals surface area contributed by atoms with E-state index in [1.165, 1.54) is 17.7 Å². The molecular weight excluding hydrogens is 254 g/mol. The summed E-state index contributed by atoms with van der Waals surface area (Å²) in [6, 6.07) is 0.686. The molecule has 0 aromatic carbocycles. The lowest BCUT2D eigenvalue weighted by Gasteiger charge is -2.33. The maximum atomic E-state index is 11.2. The van der Waals surface area contributed by atoms with Gasteiger partial charge in [-0.25, -0.2) is 0 Å². The summed E-state index contributed by atoms with van der Waals surface area (Å²) in [4.78, 5) is 11.2. The van der Waals surface area contributed by atoms with Gasteiger partial charge in [0, 0.05) is 30.4 Å². The number of nitrogens with zero attached hydrogens (tertiary/aromatic N) is 2. The van der Waals surface area contributed by atoms with E-state index in [1.807, 2.05) is 17.9 Å². The summed E-state index contributed by atoms with van der Waals surface area (Å²) >= 11 is 0. The van der Waals surface area contributed by atoms with Crippen LogP contribution in [0.3, 0.4) is 0 Å². The maximum Gasteiger partial charge on any atom is 0.306 e. The van der Waals surface area contributed by atoms with Gasteiger partial charge in [0.25, 0.3) is 0 Å². The van der Waals surface area contributed by atoms with Crippen molar-refractivity contribution in [1.82, 2.24) is 15.1 Å². The third-order valence-electron chi connectivity index (χ3n) is 4.84. The second-order valence-corrected chi connectivity index (χ2v) is 6.18. The summed E-state index contributed by atoms with van der Waals surface area (Å²) in [5.41, 5.74) is 2.65. The molecule has 0 amide bonds. The first-order chi connectivity index (χ1) is 9.65. The Morgan fingerprint density at radius 2 is 2.25 bits per heavy atom. The Morgan fingerprint density at radius 3 is 3.05 bits per heavy atom. The van der Waals surface area contributed by atoms with Gasteiger partial charge in [-0.05, 0) is 38.5 Å². The largest absolute Gasteiger partial charge is 0.481 e. The van der Waals surface area contributed by atoms with Crippen LogP contribution >= 0.6 is 0 Å². The Bertz CT molecular complexity index is 497. The lowest BCUT2D eigenvalue weighted by atomic mass is 9.84. The number of rotatable bonds is 3. The predicted octanol–water partition coefficient (Wildman–Crippen LogP) is 2.03. The van der Waals surface area contributed by atoms with Crippen molar-refractivity contribution in [3.05, 3.63) is 17.5 Å². The molecule has 0 aliphatic heterocycles. The molecule has 3 atom stereocenters. The lowest BCUT2D eigenvalue weighted by molar-refractivity contribution is -0.143. The SMILES string of the molecule is Cn1ncc2c1CCCC2NC1CCCC(C(=O)O)C1. The van der Waals surface area contributed by atoms with Crippen LogP contribution in [0.1, 0.15) is 55.8 Å². The average Bonchev–Trinajstić information content (AvgIpc) is 2.82. The molecule has 3 rings (SSSR count). The van der Waals surface area contributed by atoms with Gasteiger partial charge in [-0.1, -0.05) is 6.42 Å². The molecule has 0 saturated heterocycles. The van der Waals surface area contributed by atoms with Gasteiger partial charge in [-0.3, -0.25) is 9.48 Å². The lowest BCUT2D eigenvalue weighted by Crippen LogP contribution is -2.39. The van der Waals surface area contributed by atoms with E-state index in [1.54, 1.807) is 0 Å². The summed E-state index contributed by atoms with van der Waals surface area (Å²) in [7, 11) is 2.00. The topological polar surface area (TPSA) is 67.2 Å². The molecule has 5 nitrogen and oxygen atoms in total. The predicted molar refractivity (Wildman–Crippen MR) is 75.4 cm³/mol. The number of hydrogen-bond donors (Lipinski definition) is 2. The Kier molecular flexibility index (Phi) is 3.78. The molecule has 1 fully saturated rings. The summed E-state index contributed by atoms with van der Waals surface area (Å²) in [6.07, 6.45) is 9.09. The monoisotopic (exact) mass is 277 g/mol. The van der Waals surface area contributed by atoms with Crippen LogP contribution in [-0.4, -0.2) is 26.9 Å². The molecule has 20 heavy (non-hydrogen) atoms. The van der Waals surface area contributed by atoms with E-state index in [2.05, 4.69) is 10.4 Å². The molecule has 110 valence electrons. The molecule has 2 N–H and O–H groups in total. The second-order valence-electron chi connectivity index (χ2n) is 6.18. The molecule has 3 unspecified atom stereocenters. The maximum absolute atomic E-state index is 11.2. The number of hydrogen-bond acceptors (Lipinski definition) is 3. The first-order valence-electron chi connectivity index (χ1n) is 7.64. The molecule has 1 aromatic heterocycles.